The van der Waals surface area contributed by atoms with Gasteiger partial charge in [0.15, 0.2) is 5.79 Å². The molecule has 4 rings (SSSR count). The van der Waals surface area contributed by atoms with Crippen LogP contribution in [-0.2, 0) is 9.47 Å². The maximum atomic E-state index is 10.6. The van der Waals surface area contributed by atoms with Crippen molar-refractivity contribution in [3.05, 3.63) is 0 Å². The molecule has 1 aliphatic heterocycles. The van der Waals surface area contributed by atoms with Crippen molar-refractivity contribution in [1.29, 1.82) is 0 Å². The van der Waals surface area contributed by atoms with Crippen LogP contribution >= 0.6 is 0 Å². The van der Waals surface area contributed by atoms with Gasteiger partial charge >= 0.3 is 0 Å². The first-order valence-electron chi connectivity index (χ1n) is 10.5. The van der Waals surface area contributed by atoms with Crippen LogP contribution in [0.5, 0.6) is 0 Å². The van der Waals surface area contributed by atoms with Crippen molar-refractivity contribution in [2.24, 2.45) is 28.6 Å². The molecule has 4 aliphatic rings. The van der Waals surface area contributed by atoms with E-state index in [0.717, 1.165) is 45.3 Å². The molecule has 1 heterocycles. The summed E-state index contributed by atoms with van der Waals surface area (Å²) in [4.78, 5) is 0. The average Bonchev–Trinajstić information content (AvgIpc) is 3.01. The summed E-state index contributed by atoms with van der Waals surface area (Å²) < 4.78 is 12.3. The molecule has 1 spiro atoms. The van der Waals surface area contributed by atoms with Crippen molar-refractivity contribution in [2.45, 2.75) is 83.5 Å². The lowest BCUT2D eigenvalue weighted by atomic mass is 9.60. The largest absolute Gasteiger partial charge is 0.396 e. The minimum Gasteiger partial charge on any atom is -0.396 e. The van der Waals surface area contributed by atoms with Gasteiger partial charge < -0.3 is 19.7 Å². The highest BCUT2D eigenvalue weighted by Gasteiger charge is 2.61. The molecule has 4 heteroatoms. The average molecular weight is 353 g/mol. The SMILES string of the molecule is C[C@H](CC(O)CC1(CO)CC1)[C@H]1CCC2C3(CCC[C@@]21C)OCCO3. The summed E-state index contributed by atoms with van der Waals surface area (Å²) in [6.07, 6.45) is 9.45. The van der Waals surface area contributed by atoms with Crippen molar-refractivity contribution in [3.8, 4) is 0 Å². The van der Waals surface area contributed by atoms with Crippen LogP contribution in [0.1, 0.15) is 71.6 Å². The Morgan fingerprint density at radius 2 is 1.80 bits per heavy atom. The Kier molecular flexibility index (Phi) is 4.71. The van der Waals surface area contributed by atoms with E-state index in [2.05, 4.69) is 13.8 Å². The molecule has 5 atom stereocenters. The third-order valence-corrected chi connectivity index (χ3v) is 8.25. The normalized spacial score (nSPS) is 40.8. The Morgan fingerprint density at radius 3 is 2.44 bits per heavy atom. The molecule has 25 heavy (non-hydrogen) atoms. The van der Waals surface area contributed by atoms with Gasteiger partial charge in [0.05, 0.1) is 19.3 Å². The molecule has 4 nitrogen and oxygen atoms in total. The number of aliphatic hydroxyl groups excluding tert-OH is 2. The van der Waals surface area contributed by atoms with E-state index in [1.165, 1.54) is 25.7 Å². The van der Waals surface area contributed by atoms with Crippen LogP contribution < -0.4 is 0 Å². The highest BCUT2D eigenvalue weighted by molar-refractivity contribution is 5.06. The smallest absolute Gasteiger partial charge is 0.171 e. The van der Waals surface area contributed by atoms with Gasteiger partial charge in [-0.3, -0.25) is 0 Å². The lowest BCUT2D eigenvalue weighted by molar-refractivity contribution is -0.241. The van der Waals surface area contributed by atoms with Gasteiger partial charge in [0.1, 0.15) is 0 Å². The minimum absolute atomic E-state index is 0.0433. The number of hydrogen-bond donors (Lipinski definition) is 2. The fraction of sp³-hybridized carbons (Fsp3) is 1.00. The van der Waals surface area contributed by atoms with E-state index in [4.69, 9.17) is 9.47 Å². The molecule has 0 aromatic heterocycles. The quantitative estimate of drug-likeness (QED) is 0.768. The summed E-state index contributed by atoms with van der Waals surface area (Å²) in [6, 6.07) is 0. The third kappa shape index (κ3) is 3.07. The number of fused-ring (bicyclic) bond motifs is 2. The van der Waals surface area contributed by atoms with Crippen molar-refractivity contribution < 1.29 is 19.7 Å². The van der Waals surface area contributed by atoms with Crippen LogP contribution in [0.2, 0.25) is 0 Å². The Morgan fingerprint density at radius 1 is 1.08 bits per heavy atom. The zero-order chi connectivity index (χ0) is 17.7. The van der Waals surface area contributed by atoms with Crippen LogP contribution in [0.3, 0.4) is 0 Å². The first-order chi connectivity index (χ1) is 11.9. The van der Waals surface area contributed by atoms with E-state index >= 15 is 0 Å². The molecule has 2 unspecified atom stereocenters. The number of rotatable bonds is 6. The molecule has 0 amide bonds. The second kappa shape index (κ2) is 6.47. The summed E-state index contributed by atoms with van der Waals surface area (Å²) in [7, 11) is 0. The minimum atomic E-state index is -0.310. The molecule has 0 bridgehead atoms. The van der Waals surface area contributed by atoms with Crippen molar-refractivity contribution in [2.75, 3.05) is 19.8 Å². The summed E-state index contributed by atoms with van der Waals surface area (Å²) >= 11 is 0. The highest BCUT2D eigenvalue weighted by Crippen LogP contribution is 2.63. The van der Waals surface area contributed by atoms with Crippen molar-refractivity contribution in [1.82, 2.24) is 0 Å². The third-order valence-electron chi connectivity index (χ3n) is 8.25. The first-order valence-corrected chi connectivity index (χ1v) is 10.5. The Hall–Kier alpha value is -0.160. The molecule has 144 valence electrons. The Bertz CT molecular complexity index is 482. The lowest BCUT2D eigenvalue weighted by Crippen LogP contribution is -2.51. The molecule has 0 radical (unpaired) electrons. The van der Waals surface area contributed by atoms with Gasteiger partial charge in [-0.05, 0) is 74.0 Å². The Balaban J connectivity index is 1.42. The standard InChI is InChI=1S/C21H36O4/c1-15(12-16(23)13-20(14-22)8-9-20)17-4-5-18-19(17,2)6-3-7-21(18)24-10-11-25-21/h15-18,22-23H,3-14H2,1-2H3/t15-,16?,17-,18?,19-/m1/s1. The highest BCUT2D eigenvalue weighted by atomic mass is 16.7. The topological polar surface area (TPSA) is 58.9 Å². The van der Waals surface area contributed by atoms with E-state index in [1.54, 1.807) is 0 Å². The van der Waals surface area contributed by atoms with Gasteiger partial charge in [0, 0.05) is 18.9 Å². The van der Waals surface area contributed by atoms with Gasteiger partial charge in [0.25, 0.3) is 0 Å². The fourth-order valence-corrected chi connectivity index (χ4v) is 6.77. The van der Waals surface area contributed by atoms with Gasteiger partial charge in [-0.2, -0.15) is 0 Å². The van der Waals surface area contributed by atoms with E-state index in [0.29, 0.717) is 17.8 Å². The summed E-state index contributed by atoms with van der Waals surface area (Å²) in [5, 5.41) is 20.1. The van der Waals surface area contributed by atoms with E-state index in [9.17, 15) is 10.2 Å². The van der Waals surface area contributed by atoms with E-state index in [-0.39, 0.29) is 29.3 Å². The lowest BCUT2D eigenvalue weighted by Gasteiger charge is -2.50. The van der Waals surface area contributed by atoms with Crippen molar-refractivity contribution >= 4 is 0 Å². The van der Waals surface area contributed by atoms with Gasteiger partial charge in [-0.15, -0.1) is 0 Å². The second-order valence-corrected chi connectivity index (χ2v) is 9.83. The molecule has 4 fully saturated rings. The van der Waals surface area contributed by atoms with Gasteiger partial charge in [0.2, 0.25) is 0 Å². The molecule has 0 aromatic carbocycles. The number of aliphatic hydroxyl groups is 2. The molecule has 0 aromatic rings. The Labute approximate surface area is 152 Å². The van der Waals surface area contributed by atoms with Crippen LogP contribution in [0.25, 0.3) is 0 Å². The van der Waals surface area contributed by atoms with Gasteiger partial charge in [-0.25, -0.2) is 0 Å². The van der Waals surface area contributed by atoms with Gasteiger partial charge in [-0.1, -0.05) is 13.8 Å². The predicted molar refractivity (Wildman–Crippen MR) is 96.0 cm³/mol. The zero-order valence-corrected chi connectivity index (χ0v) is 16.0. The maximum Gasteiger partial charge on any atom is 0.171 e. The second-order valence-electron chi connectivity index (χ2n) is 9.83. The first kappa shape index (κ1) is 18.2. The monoisotopic (exact) mass is 352 g/mol. The van der Waals surface area contributed by atoms with Crippen molar-refractivity contribution in [3.63, 3.8) is 0 Å². The van der Waals surface area contributed by atoms with Crippen LogP contribution in [0.15, 0.2) is 0 Å². The molecular formula is C21H36O4. The number of ether oxygens (including phenoxy) is 2. The van der Waals surface area contributed by atoms with Crippen LogP contribution in [0.4, 0.5) is 0 Å². The summed E-state index contributed by atoms with van der Waals surface area (Å²) in [5.41, 5.74) is 0.317. The molecular weight excluding hydrogens is 316 g/mol. The summed E-state index contributed by atoms with van der Waals surface area (Å²) in [6.45, 7) is 6.51. The molecule has 3 aliphatic carbocycles. The maximum absolute atomic E-state index is 10.6. The number of hydrogen-bond acceptors (Lipinski definition) is 4. The fourth-order valence-electron chi connectivity index (χ4n) is 6.77. The van der Waals surface area contributed by atoms with Crippen LogP contribution in [-0.4, -0.2) is 41.9 Å². The molecule has 2 N–H and O–H groups in total. The van der Waals surface area contributed by atoms with E-state index in [1.807, 2.05) is 0 Å². The predicted octanol–water partition coefficient (Wildman–Crippen LogP) is 3.50. The van der Waals surface area contributed by atoms with Crippen LogP contribution in [0, 0.1) is 28.6 Å². The molecule has 3 saturated carbocycles. The zero-order valence-electron chi connectivity index (χ0n) is 16.0. The van der Waals surface area contributed by atoms with E-state index < -0.39 is 0 Å². The summed E-state index contributed by atoms with van der Waals surface area (Å²) in [5.74, 6) is 1.35. The molecule has 1 saturated heterocycles.